The highest BCUT2D eigenvalue weighted by Gasteiger charge is 2.33. The maximum absolute atomic E-state index is 5.63. The Balaban J connectivity index is 2.27. The van der Waals surface area contributed by atoms with Gasteiger partial charge in [-0.05, 0) is 19.8 Å². The van der Waals surface area contributed by atoms with Crippen LogP contribution in [0.4, 0.5) is 0 Å². The number of hydrogen-bond donors (Lipinski definition) is 0. The molecular weight excluding hydrogens is 158 g/mol. The van der Waals surface area contributed by atoms with Crippen LogP contribution in [0, 0.1) is 0 Å². The molecule has 0 bridgehead atoms. The molecule has 1 aromatic heterocycles. The molecule has 3 heteroatoms. The Morgan fingerprint density at radius 2 is 2.64 bits per heavy atom. The average molecular weight is 169 g/mol. The SMILES string of the molecule is CC1(c2nccs2)CCCO1. The summed E-state index contributed by atoms with van der Waals surface area (Å²) in [6, 6.07) is 0. The van der Waals surface area contributed by atoms with Gasteiger partial charge in [-0.2, -0.15) is 0 Å². The summed E-state index contributed by atoms with van der Waals surface area (Å²) in [4.78, 5) is 4.26. The van der Waals surface area contributed by atoms with E-state index in [1.54, 1.807) is 11.3 Å². The Morgan fingerprint density at radius 3 is 3.18 bits per heavy atom. The van der Waals surface area contributed by atoms with Gasteiger partial charge in [0.2, 0.25) is 0 Å². The van der Waals surface area contributed by atoms with Crippen LogP contribution in [0.5, 0.6) is 0 Å². The zero-order valence-corrected chi connectivity index (χ0v) is 7.36. The fourth-order valence-electron chi connectivity index (χ4n) is 1.43. The average Bonchev–Trinajstić information content (AvgIpc) is 2.55. The number of aromatic nitrogens is 1. The van der Waals surface area contributed by atoms with Crippen LogP contribution < -0.4 is 0 Å². The largest absolute Gasteiger partial charge is 0.368 e. The van der Waals surface area contributed by atoms with Crippen molar-refractivity contribution in [3.05, 3.63) is 16.6 Å². The number of ether oxygens (including phenoxy) is 1. The van der Waals surface area contributed by atoms with Crippen LogP contribution in [0.3, 0.4) is 0 Å². The van der Waals surface area contributed by atoms with E-state index in [0.717, 1.165) is 24.5 Å². The van der Waals surface area contributed by atoms with E-state index in [1.165, 1.54) is 0 Å². The molecule has 60 valence electrons. The summed E-state index contributed by atoms with van der Waals surface area (Å²) in [6.07, 6.45) is 4.11. The van der Waals surface area contributed by atoms with E-state index in [-0.39, 0.29) is 5.60 Å². The molecule has 11 heavy (non-hydrogen) atoms. The Kier molecular flexibility index (Phi) is 1.69. The van der Waals surface area contributed by atoms with Crippen molar-refractivity contribution in [2.24, 2.45) is 0 Å². The second kappa shape index (κ2) is 2.57. The Hall–Kier alpha value is -0.410. The van der Waals surface area contributed by atoms with Crippen LogP contribution in [0.25, 0.3) is 0 Å². The number of hydrogen-bond acceptors (Lipinski definition) is 3. The van der Waals surface area contributed by atoms with Crippen molar-refractivity contribution >= 4 is 11.3 Å². The lowest BCUT2D eigenvalue weighted by Gasteiger charge is -2.19. The van der Waals surface area contributed by atoms with Gasteiger partial charge in [0, 0.05) is 18.2 Å². The Bertz CT molecular complexity index is 226. The molecule has 0 N–H and O–H groups in total. The van der Waals surface area contributed by atoms with E-state index >= 15 is 0 Å². The second-order valence-corrected chi connectivity index (χ2v) is 3.91. The lowest BCUT2D eigenvalue weighted by atomic mass is 10.0. The van der Waals surface area contributed by atoms with Gasteiger partial charge in [0.1, 0.15) is 10.6 Å². The fourth-order valence-corrected chi connectivity index (χ4v) is 2.22. The standard InChI is InChI=1S/C8H11NOS/c1-8(3-2-5-10-8)7-9-4-6-11-7/h4,6H,2-3,5H2,1H3. The molecule has 0 amide bonds. The van der Waals surface area contributed by atoms with Gasteiger partial charge >= 0.3 is 0 Å². The highest BCUT2D eigenvalue weighted by Crippen LogP contribution is 2.36. The first-order chi connectivity index (χ1) is 5.31. The minimum atomic E-state index is -0.0752. The van der Waals surface area contributed by atoms with Gasteiger partial charge in [-0.3, -0.25) is 0 Å². The summed E-state index contributed by atoms with van der Waals surface area (Å²) in [5, 5.41) is 3.12. The van der Waals surface area contributed by atoms with E-state index in [2.05, 4.69) is 11.9 Å². The van der Waals surface area contributed by atoms with E-state index < -0.39 is 0 Å². The van der Waals surface area contributed by atoms with Crippen LogP contribution in [-0.4, -0.2) is 11.6 Å². The molecule has 1 aliphatic rings. The molecule has 1 saturated heterocycles. The zero-order chi connectivity index (χ0) is 7.73. The summed E-state index contributed by atoms with van der Waals surface area (Å²) in [5.41, 5.74) is -0.0752. The van der Waals surface area contributed by atoms with E-state index in [9.17, 15) is 0 Å². The molecule has 1 aliphatic heterocycles. The first-order valence-corrected chi connectivity index (χ1v) is 4.73. The van der Waals surface area contributed by atoms with Crippen molar-refractivity contribution in [3.8, 4) is 0 Å². The van der Waals surface area contributed by atoms with E-state index in [1.807, 2.05) is 11.6 Å². The van der Waals surface area contributed by atoms with Gasteiger partial charge < -0.3 is 4.74 Å². The van der Waals surface area contributed by atoms with Crippen molar-refractivity contribution in [2.75, 3.05) is 6.61 Å². The third-order valence-electron chi connectivity index (χ3n) is 2.10. The van der Waals surface area contributed by atoms with Crippen LogP contribution in [0.1, 0.15) is 24.8 Å². The van der Waals surface area contributed by atoms with Crippen molar-refractivity contribution in [1.29, 1.82) is 0 Å². The molecule has 0 radical (unpaired) electrons. The Morgan fingerprint density at radius 1 is 1.73 bits per heavy atom. The predicted octanol–water partition coefficient (Wildman–Crippen LogP) is 2.17. The molecule has 0 aromatic carbocycles. The first kappa shape index (κ1) is 7.25. The molecule has 0 saturated carbocycles. The van der Waals surface area contributed by atoms with Crippen molar-refractivity contribution < 1.29 is 4.74 Å². The zero-order valence-electron chi connectivity index (χ0n) is 6.54. The van der Waals surface area contributed by atoms with Crippen LogP contribution >= 0.6 is 11.3 Å². The molecule has 1 aromatic rings. The third-order valence-corrected chi connectivity index (χ3v) is 3.12. The summed E-state index contributed by atoms with van der Waals surface area (Å²) < 4.78 is 5.63. The van der Waals surface area contributed by atoms with Gasteiger partial charge in [0.05, 0.1) is 0 Å². The van der Waals surface area contributed by atoms with Crippen LogP contribution in [0.2, 0.25) is 0 Å². The molecule has 2 heterocycles. The molecule has 0 spiro atoms. The maximum atomic E-state index is 5.63. The summed E-state index contributed by atoms with van der Waals surface area (Å²) in [7, 11) is 0. The number of rotatable bonds is 1. The van der Waals surface area contributed by atoms with Gasteiger partial charge in [-0.1, -0.05) is 0 Å². The monoisotopic (exact) mass is 169 g/mol. The van der Waals surface area contributed by atoms with Gasteiger partial charge in [0.15, 0.2) is 0 Å². The topological polar surface area (TPSA) is 22.1 Å². The summed E-state index contributed by atoms with van der Waals surface area (Å²) in [6.45, 7) is 3.01. The first-order valence-electron chi connectivity index (χ1n) is 3.85. The van der Waals surface area contributed by atoms with Gasteiger partial charge in [-0.25, -0.2) is 4.98 Å². The molecular formula is C8H11NOS. The van der Waals surface area contributed by atoms with E-state index in [0.29, 0.717) is 0 Å². The summed E-state index contributed by atoms with van der Waals surface area (Å²) >= 11 is 1.68. The predicted molar refractivity (Wildman–Crippen MR) is 44.7 cm³/mol. The minimum absolute atomic E-state index is 0.0752. The molecule has 2 nitrogen and oxygen atoms in total. The van der Waals surface area contributed by atoms with Crippen molar-refractivity contribution in [2.45, 2.75) is 25.4 Å². The Labute approximate surface area is 70.2 Å². The lowest BCUT2D eigenvalue weighted by molar-refractivity contribution is 0.0166. The molecule has 1 fully saturated rings. The third kappa shape index (κ3) is 1.19. The van der Waals surface area contributed by atoms with Crippen LogP contribution in [0.15, 0.2) is 11.6 Å². The molecule has 2 rings (SSSR count). The van der Waals surface area contributed by atoms with E-state index in [4.69, 9.17) is 4.74 Å². The maximum Gasteiger partial charge on any atom is 0.124 e. The second-order valence-electron chi connectivity index (χ2n) is 3.02. The quantitative estimate of drug-likeness (QED) is 0.642. The smallest absolute Gasteiger partial charge is 0.124 e. The molecule has 1 unspecified atom stereocenters. The van der Waals surface area contributed by atoms with Crippen molar-refractivity contribution in [3.63, 3.8) is 0 Å². The lowest BCUT2D eigenvalue weighted by Crippen LogP contribution is -2.19. The normalized spacial score (nSPS) is 31.0. The van der Waals surface area contributed by atoms with Crippen LogP contribution in [-0.2, 0) is 10.3 Å². The highest BCUT2D eigenvalue weighted by molar-refractivity contribution is 7.09. The van der Waals surface area contributed by atoms with Gasteiger partial charge in [-0.15, -0.1) is 11.3 Å². The number of nitrogens with zero attached hydrogens (tertiary/aromatic N) is 1. The molecule has 1 atom stereocenters. The van der Waals surface area contributed by atoms with Gasteiger partial charge in [0.25, 0.3) is 0 Å². The minimum Gasteiger partial charge on any atom is -0.368 e. The molecule has 0 aliphatic carbocycles. The van der Waals surface area contributed by atoms with Crippen molar-refractivity contribution in [1.82, 2.24) is 4.98 Å². The summed E-state index contributed by atoms with van der Waals surface area (Å²) in [5.74, 6) is 0. The fraction of sp³-hybridized carbons (Fsp3) is 0.625. The number of thiazole rings is 1. The highest BCUT2D eigenvalue weighted by atomic mass is 32.1.